The number of nitrogens with zero attached hydrogens (tertiary/aromatic N) is 1. The van der Waals surface area contributed by atoms with Crippen LogP contribution in [0.2, 0.25) is 0 Å². The molecule has 2 aliphatic rings. The lowest BCUT2D eigenvalue weighted by molar-refractivity contribution is -0.129. The fourth-order valence-electron chi connectivity index (χ4n) is 2.71. The van der Waals surface area contributed by atoms with E-state index < -0.39 is 0 Å². The Bertz CT molecular complexity index is 231. The van der Waals surface area contributed by atoms with Crippen LogP contribution in [0.4, 0.5) is 0 Å². The molecule has 1 spiro atoms. The summed E-state index contributed by atoms with van der Waals surface area (Å²) in [6, 6.07) is 0.365. The molecule has 0 aromatic heterocycles. The number of nitrogens with one attached hydrogen (secondary N) is 1. The minimum atomic E-state index is 0.263. The molecule has 1 atom stereocenters. The summed E-state index contributed by atoms with van der Waals surface area (Å²) in [6.45, 7) is 7.33. The van der Waals surface area contributed by atoms with Crippen molar-refractivity contribution in [3.63, 3.8) is 0 Å². The lowest BCUT2D eigenvalue weighted by atomic mass is 9.80. The SMILES string of the molecule is CC(C)N1CC2(CCCNC2)CC1=O. The number of hydrogen-bond donors (Lipinski definition) is 1. The molecular weight excluding hydrogens is 176 g/mol. The maximum absolute atomic E-state index is 11.8. The van der Waals surface area contributed by atoms with Gasteiger partial charge in [-0.3, -0.25) is 4.79 Å². The Balaban J connectivity index is 2.07. The molecule has 0 aromatic carbocycles. The largest absolute Gasteiger partial charge is 0.340 e. The molecule has 3 heteroatoms. The fourth-order valence-corrected chi connectivity index (χ4v) is 2.71. The predicted octanol–water partition coefficient (Wildman–Crippen LogP) is 0.997. The van der Waals surface area contributed by atoms with Crippen molar-refractivity contribution in [2.45, 2.75) is 39.2 Å². The molecule has 2 saturated heterocycles. The van der Waals surface area contributed by atoms with Crippen LogP contribution in [0.25, 0.3) is 0 Å². The summed E-state index contributed by atoms with van der Waals surface area (Å²) in [5.74, 6) is 0.351. The molecule has 14 heavy (non-hydrogen) atoms. The standard InChI is InChI=1S/C11H20N2O/c1-9(2)13-8-11(6-10(13)14)4-3-5-12-7-11/h9,12H,3-8H2,1-2H3. The van der Waals surface area contributed by atoms with Crippen LogP contribution in [-0.4, -0.2) is 36.5 Å². The molecule has 80 valence electrons. The van der Waals surface area contributed by atoms with Crippen LogP contribution in [0.3, 0.4) is 0 Å². The first-order chi connectivity index (χ1) is 6.63. The Morgan fingerprint density at radius 3 is 2.79 bits per heavy atom. The van der Waals surface area contributed by atoms with E-state index in [1.165, 1.54) is 12.8 Å². The van der Waals surface area contributed by atoms with Crippen molar-refractivity contribution in [3.05, 3.63) is 0 Å². The van der Waals surface area contributed by atoms with Crippen LogP contribution in [0.15, 0.2) is 0 Å². The number of carbonyl (C=O) groups excluding carboxylic acids is 1. The summed E-state index contributed by atoms with van der Waals surface area (Å²) in [5, 5.41) is 3.42. The zero-order valence-corrected chi connectivity index (χ0v) is 9.18. The maximum Gasteiger partial charge on any atom is 0.223 e. The van der Waals surface area contributed by atoms with Gasteiger partial charge in [-0.2, -0.15) is 0 Å². The Morgan fingerprint density at radius 1 is 1.50 bits per heavy atom. The number of likely N-dealkylation sites (tertiary alicyclic amines) is 1. The Kier molecular flexibility index (Phi) is 2.52. The molecule has 2 rings (SSSR count). The first-order valence-electron chi connectivity index (χ1n) is 5.63. The van der Waals surface area contributed by atoms with Gasteiger partial charge < -0.3 is 10.2 Å². The van der Waals surface area contributed by atoms with E-state index >= 15 is 0 Å². The zero-order valence-electron chi connectivity index (χ0n) is 9.18. The van der Waals surface area contributed by atoms with E-state index in [4.69, 9.17) is 0 Å². The Morgan fingerprint density at radius 2 is 2.29 bits per heavy atom. The average Bonchev–Trinajstić information content (AvgIpc) is 2.44. The van der Waals surface area contributed by atoms with E-state index in [1.807, 2.05) is 4.90 Å². The van der Waals surface area contributed by atoms with Gasteiger partial charge >= 0.3 is 0 Å². The molecular formula is C11H20N2O. The minimum Gasteiger partial charge on any atom is -0.340 e. The van der Waals surface area contributed by atoms with Gasteiger partial charge in [-0.15, -0.1) is 0 Å². The van der Waals surface area contributed by atoms with Crippen LogP contribution in [0.5, 0.6) is 0 Å². The summed E-state index contributed by atoms with van der Waals surface area (Å²) in [4.78, 5) is 13.8. The third kappa shape index (κ3) is 1.65. The number of amides is 1. The van der Waals surface area contributed by atoms with Crippen LogP contribution < -0.4 is 5.32 Å². The van der Waals surface area contributed by atoms with Crippen LogP contribution in [0.1, 0.15) is 33.1 Å². The zero-order chi connectivity index (χ0) is 10.2. The molecule has 3 nitrogen and oxygen atoms in total. The second kappa shape index (κ2) is 3.54. The summed E-state index contributed by atoms with van der Waals surface area (Å²) < 4.78 is 0. The van der Waals surface area contributed by atoms with Gasteiger partial charge in [0.05, 0.1) is 0 Å². The highest BCUT2D eigenvalue weighted by molar-refractivity contribution is 5.79. The van der Waals surface area contributed by atoms with Crippen molar-refractivity contribution in [1.29, 1.82) is 0 Å². The van der Waals surface area contributed by atoms with E-state index in [-0.39, 0.29) is 5.41 Å². The van der Waals surface area contributed by atoms with Crippen LogP contribution >= 0.6 is 0 Å². The van der Waals surface area contributed by atoms with Gasteiger partial charge in [0.25, 0.3) is 0 Å². The number of carbonyl (C=O) groups is 1. The van der Waals surface area contributed by atoms with Gasteiger partial charge in [-0.25, -0.2) is 0 Å². The van der Waals surface area contributed by atoms with E-state index in [9.17, 15) is 4.79 Å². The third-order valence-electron chi connectivity index (χ3n) is 3.54. The van der Waals surface area contributed by atoms with Gasteiger partial charge in [0.15, 0.2) is 0 Å². The lowest BCUT2D eigenvalue weighted by Gasteiger charge is -2.33. The molecule has 1 unspecified atom stereocenters. The molecule has 1 amide bonds. The topological polar surface area (TPSA) is 32.3 Å². The first-order valence-corrected chi connectivity index (χ1v) is 5.63. The predicted molar refractivity (Wildman–Crippen MR) is 56.0 cm³/mol. The minimum absolute atomic E-state index is 0.263. The molecule has 2 fully saturated rings. The van der Waals surface area contributed by atoms with Gasteiger partial charge in [0.1, 0.15) is 0 Å². The smallest absolute Gasteiger partial charge is 0.223 e. The molecule has 2 aliphatic heterocycles. The van der Waals surface area contributed by atoms with E-state index in [0.717, 1.165) is 26.1 Å². The molecule has 2 heterocycles. The van der Waals surface area contributed by atoms with E-state index in [2.05, 4.69) is 19.2 Å². The van der Waals surface area contributed by atoms with Gasteiger partial charge in [0, 0.05) is 31.0 Å². The molecule has 0 aromatic rings. The van der Waals surface area contributed by atoms with Gasteiger partial charge in [-0.05, 0) is 33.2 Å². The summed E-state index contributed by atoms with van der Waals surface area (Å²) in [5.41, 5.74) is 0.263. The van der Waals surface area contributed by atoms with Gasteiger partial charge in [-0.1, -0.05) is 0 Å². The normalized spacial score (nSPS) is 33.4. The highest BCUT2D eigenvalue weighted by atomic mass is 16.2. The average molecular weight is 196 g/mol. The monoisotopic (exact) mass is 196 g/mol. The van der Waals surface area contributed by atoms with Crippen molar-refractivity contribution in [2.24, 2.45) is 5.41 Å². The van der Waals surface area contributed by atoms with Crippen molar-refractivity contribution >= 4 is 5.91 Å². The van der Waals surface area contributed by atoms with Crippen molar-refractivity contribution in [1.82, 2.24) is 10.2 Å². The lowest BCUT2D eigenvalue weighted by Crippen LogP contribution is -2.42. The quantitative estimate of drug-likeness (QED) is 0.678. The first kappa shape index (κ1) is 9.97. The third-order valence-corrected chi connectivity index (χ3v) is 3.54. The highest BCUT2D eigenvalue weighted by Crippen LogP contribution is 2.37. The van der Waals surface area contributed by atoms with Crippen molar-refractivity contribution in [2.75, 3.05) is 19.6 Å². The molecule has 0 aliphatic carbocycles. The second-order valence-corrected chi connectivity index (χ2v) is 5.07. The van der Waals surface area contributed by atoms with Crippen molar-refractivity contribution < 1.29 is 4.79 Å². The van der Waals surface area contributed by atoms with E-state index in [1.54, 1.807) is 0 Å². The van der Waals surface area contributed by atoms with Gasteiger partial charge in [0.2, 0.25) is 5.91 Å². The van der Waals surface area contributed by atoms with Crippen molar-refractivity contribution in [3.8, 4) is 0 Å². The summed E-state index contributed by atoms with van der Waals surface area (Å²) in [7, 11) is 0. The Hall–Kier alpha value is -0.570. The molecule has 0 saturated carbocycles. The maximum atomic E-state index is 11.8. The number of rotatable bonds is 1. The van der Waals surface area contributed by atoms with E-state index in [0.29, 0.717) is 11.9 Å². The molecule has 0 radical (unpaired) electrons. The Labute approximate surface area is 85.8 Å². The highest BCUT2D eigenvalue weighted by Gasteiger charge is 2.44. The number of piperidine rings is 1. The molecule has 0 bridgehead atoms. The fraction of sp³-hybridized carbons (Fsp3) is 0.909. The summed E-state index contributed by atoms with van der Waals surface area (Å²) >= 11 is 0. The van der Waals surface area contributed by atoms with Crippen LogP contribution in [-0.2, 0) is 4.79 Å². The summed E-state index contributed by atoms with van der Waals surface area (Å²) in [6.07, 6.45) is 3.20. The number of hydrogen-bond acceptors (Lipinski definition) is 2. The van der Waals surface area contributed by atoms with Crippen LogP contribution in [0, 0.1) is 5.41 Å². The molecule has 1 N–H and O–H groups in total. The second-order valence-electron chi connectivity index (χ2n) is 5.07.